The predicted octanol–water partition coefficient (Wildman–Crippen LogP) is 4.51. The van der Waals surface area contributed by atoms with Gasteiger partial charge in [-0.25, -0.2) is 12.8 Å². The van der Waals surface area contributed by atoms with Crippen molar-refractivity contribution < 1.29 is 35.6 Å². The molecule has 1 unspecified atom stereocenters. The molecular formula is C26H26F4N2O4S. The lowest BCUT2D eigenvalue weighted by molar-refractivity contribution is -0.137. The Labute approximate surface area is 212 Å². The van der Waals surface area contributed by atoms with Gasteiger partial charge in [0.1, 0.15) is 11.9 Å². The fourth-order valence-electron chi connectivity index (χ4n) is 5.21. The van der Waals surface area contributed by atoms with Crippen LogP contribution in [0.2, 0.25) is 0 Å². The topological polar surface area (TPSA) is 83.6 Å². The van der Waals surface area contributed by atoms with Crippen molar-refractivity contribution in [2.45, 2.75) is 61.8 Å². The average molecular weight is 539 g/mol. The number of nitrogens with one attached hydrogen (secondary N) is 1. The van der Waals surface area contributed by atoms with Gasteiger partial charge in [-0.3, -0.25) is 9.59 Å². The quantitative estimate of drug-likeness (QED) is 0.526. The highest BCUT2D eigenvalue weighted by Crippen LogP contribution is 2.49. The second-order valence-corrected chi connectivity index (χ2v) is 12.3. The maximum atomic E-state index is 14.7. The zero-order valence-electron chi connectivity index (χ0n) is 20.0. The van der Waals surface area contributed by atoms with Crippen molar-refractivity contribution in [1.29, 1.82) is 0 Å². The summed E-state index contributed by atoms with van der Waals surface area (Å²) in [5, 5.41) is 2.81. The Morgan fingerprint density at radius 1 is 1.11 bits per heavy atom. The fourth-order valence-corrected chi connectivity index (χ4v) is 6.13. The molecule has 2 aromatic carbocycles. The van der Waals surface area contributed by atoms with Crippen LogP contribution in [-0.2, 0) is 20.8 Å². The number of hydrogen-bond acceptors (Lipinski definition) is 4. The van der Waals surface area contributed by atoms with Crippen LogP contribution in [0.4, 0.5) is 17.6 Å². The van der Waals surface area contributed by atoms with Crippen LogP contribution in [0.25, 0.3) is 0 Å². The van der Waals surface area contributed by atoms with Gasteiger partial charge in [-0.15, -0.1) is 0 Å². The summed E-state index contributed by atoms with van der Waals surface area (Å²) in [6.45, 7) is 1.51. The predicted molar refractivity (Wildman–Crippen MR) is 126 cm³/mol. The molecule has 11 heteroatoms. The Morgan fingerprint density at radius 3 is 2.46 bits per heavy atom. The molecule has 1 heterocycles. The van der Waals surface area contributed by atoms with E-state index in [0.29, 0.717) is 25.3 Å². The molecule has 2 saturated carbocycles. The molecule has 0 radical (unpaired) electrons. The summed E-state index contributed by atoms with van der Waals surface area (Å²) < 4.78 is 78.3. The molecule has 3 fully saturated rings. The van der Waals surface area contributed by atoms with E-state index in [2.05, 4.69) is 5.32 Å². The summed E-state index contributed by atoms with van der Waals surface area (Å²) in [4.78, 5) is 28.3. The van der Waals surface area contributed by atoms with E-state index in [-0.39, 0.29) is 39.7 Å². The Hall–Kier alpha value is -2.95. The molecule has 37 heavy (non-hydrogen) atoms. The minimum atomic E-state index is -4.68. The Bertz CT molecular complexity index is 1360. The highest BCUT2D eigenvalue weighted by atomic mass is 32.2. The molecule has 4 atom stereocenters. The van der Waals surface area contributed by atoms with Gasteiger partial charge in [-0.05, 0) is 67.9 Å². The minimum Gasteiger partial charge on any atom is -0.347 e. The van der Waals surface area contributed by atoms with Gasteiger partial charge < -0.3 is 10.2 Å². The average Bonchev–Trinajstić information content (AvgIpc) is 3.79. The Morgan fingerprint density at radius 2 is 1.84 bits per heavy atom. The van der Waals surface area contributed by atoms with Gasteiger partial charge in [0.15, 0.2) is 9.84 Å². The highest BCUT2D eigenvalue weighted by molar-refractivity contribution is 7.91. The number of benzene rings is 2. The van der Waals surface area contributed by atoms with Crippen molar-refractivity contribution in [1.82, 2.24) is 10.2 Å². The van der Waals surface area contributed by atoms with Crippen LogP contribution in [-0.4, -0.2) is 43.0 Å². The maximum absolute atomic E-state index is 14.7. The van der Waals surface area contributed by atoms with Crippen molar-refractivity contribution in [3.8, 4) is 0 Å². The first kappa shape index (κ1) is 25.7. The molecule has 2 aliphatic carbocycles. The summed E-state index contributed by atoms with van der Waals surface area (Å²) >= 11 is 0. The third-order valence-corrected chi connectivity index (χ3v) is 9.25. The number of fused-ring (bicyclic) bond motifs is 1. The summed E-state index contributed by atoms with van der Waals surface area (Å²) in [7, 11) is -3.53. The van der Waals surface area contributed by atoms with Crippen LogP contribution in [0.1, 0.15) is 60.1 Å². The Balaban J connectivity index is 1.38. The van der Waals surface area contributed by atoms with Gasteiger partial charge in [0.2, 0.25) is 5.91 Å². The normalized spacial score (nSPS) is 23.9. The third-order valence-electron chi connectivity index (χ3n) is 7.52. The van der Waals surface area contributed by atoms with Crippen LogP contribution >= 0.6 is 0 Å². The van der Waals surface area contributed by atoms with Gasteiger partial charge in [0.25, 0.3) is 5.91 Å². The van der Waals surface area contributed by atoms with Crippen molar-refractivity contribution in [3.63, 3.8) is 0 Å². The van der Waals surface area contributed by atoms with Crippen molar-refractivity contribution in [3.05, 3.63) is 65.0 Å². The summed E-state index contributed by atoms with van der Waals surface area (Å²) in [6, 6.07) is 6.26. The number of likely N-dealkylation sites (tertiary alicyclic amines) is 1. The number of nitrogens with zero attached hydrogens (tertiary/aromatic N) is 1. The second-order valence-electron chi connectivity index (χ2n) is 10.0. The molecular weight excluding hydrogens is 512 g/mol. The van der Waals surface area contributed by atoms with E-state index in [0.717, 1.165) is 18.6 Å². The number of rotatable bonds is 7. The van der Waals surface area contributed by atoms with Crippen molar-refractivity contribution in [2.24, 2.45) is 11.8 Å². The standard InChI is InChI=1S/C26H26F4N2O4S/c1-2-37(35,36)18-5-3-4-15(10-18)25(34)32-21-11-16(21)12-22(32)24(33)31-23(14-6-7-14)19-9-8-17(13-20(19)27)26(28,29)30/h3-5,8-10,13-14,16,21-23H,2,6-7,11-12H2,1H3,(H,31,33)/t16-,21-,22-,23?/m1/s1. The molecule has 0 aromatic heterocycles. The number of amides is 2. The smallest absolute Gasteiger partial charge is 0.347 e. The first-order chi connectivity index (χ1) is 17.4. The van der Waals surface area contributed by atoms with Gasteiger partial charge in [-0.2, -0.15) is 13.2 Å². The largest absolute Gasteiger partial charge is 0.416 e. The molecule has 2 amide bonds. The van der Waals surface area contributed by atoms with E-state index in [1.54, 1.807) is 0 Å². The number of piperidine rings is 1. The highest BCUT2D eigenvalue weighted by Gasteiger charge is 2.56. The summed E-state index contributed by atoms with van der Waals surface area (Å²) in [5.74, 6) is -2.07. The number of sulfone groups is 1. The monoisotopic (exact) mass is 538 g/mol. The maximum Gasteiger partial charge on any atom is 0.416 e. The first-order valence-electron chi connectivity index (χ1n) is 12.2. The molecule has 198 valence electrons. The van der Waals surface area contributed by atoms with Crippen LogP contribution in [0.5, 0.6) is 0 Å². The molecule has 1 saturated heterocycles. The number of hydrogen-bond donors (Lipinski definition) is 1. The fraction of sp³-hybridized carbons (Fsp3) is 0.462. The number of alkyl halides is 3. The second kappa shape index (κ2) is 9.11. The van der Waals surface area contributed by atoms with E-state index < -0.39 is 51.3 Å². The number of carbonyl (C=O) groups excluding carboxylic acids is 2. The molecule has 1 N–H and O–H groups in total. The molecule has 0 spiro atoms. The lowest BCUT2D eigenvalue weighted by Gasteiger charge is -2.29. The van der Waals surface area contributed by atoms with E-state index in [1.807, 2.05) is 0 Å². The zero-order chi connectivity index (χ0) is 26.7. The molecule has 6 nitrogen and oxygen atoms in total. The van der Waals surface area contributed by atoms with Gasteiger partial charge in [-0.1, -0.05) is 19.1 Å². The van der Waals surface area contributed by atoms with Crippen LogP contribution in [0.3, 0.4) is 0 Å². The van der Waals surface area contributed by atoms with Crippen LogP contribution in [0, 0.1) is 17.7 Å². The summed E-state index contributed by atoms with van der Waals surface area (Å²) in [6.07, 6.45) is -2.13. The molecule has 3 aliphatic rings. The Kier molecular flexibility index (Phi) is 6.32. The molecule has 1 aliphatic heterocycles. The van der Waals surface area contributed by atoms with Crippen LogP contribution in [0.15, 0.2) is 47.4 Å². The lowest BCUT2D eigenvalue weighted by atomic mass is 9.99. The molecule has 5 rings (SSSR count). The minimum absolute atomic E-state index is 0.0117. The first-order valence-corrected chi connectivity index (χ1v) is 13.9. The van der Waals surface area contributed by atoms with E-state index in [4.69, 9.17) is 0 Å². The summed E-state index contributed by atoms with van der Waals surface area (Å²) in [5.41, 5.74) is -0.954. The van der Waals surface area contributed by atoms with Gasteiger partial charge in [0.05, 0.1) is 22.3 Å². The molecule has 0 bridgehead atoms. The van der Waals surface area contributed by atoms with Crippen LogP contribution < -0.4 is 5.32 Å². The number of carbonyl (C=O) groups is 2. The molecule has 2 aromatic rings. The zero-order valence-corrected chi connectivity index (χ0v) is 20.8. The SMILES string of the molecule is CCS(=O)(=O)c1cccc(C(=O)N2[C@@H](C(=O)NC(c3ccc(C(F)(F)F)cc3F)C3CC3)C[C@H]3C[C@H]32)c1. The van der Waals surface area contributed by atoms with E-state index in [9.17, 15) is 35.6 Å². The van der Waals surface area contributed by atoms with E-state index >= 15 is 0 Å². The van der Waals surface area contributed by atoms with E-state index in [1.165, 1.54) is 36.1 Å². The van der Waals surface area contributed by atoms with Gasteiger partial charge in [0, 0.05) is 17.2 Å². The lowest BCUT2D eigenvalue weighted by Crippen LogP contribution is -2.49. The van der Waals surface area contributed by atoms with Gasteiger partial charge >= 0.3 is 6.18 Å². The van der Waals surface area contributed by atoms with Crippen molar-refractivity contribution >= 4 is 21.7 Å². The van der Waals surface area contributed by atoms with Crippen molar-refractivity contribution in [2.75, 3.05) is 5.75 Å². The third kappa shape index (κ3) is 4.97. The number of halogens is 4.